The van der Waals surface area contributed by atoms with Crippen LogP contribution in [0.2, 0.25) is 0 Å². The molecule has 0 spiro atoms. The van der Waals surface area contributed by atoms with Gasteiger partial charge in [0.25, 0.3) is 0 Å². The molecule has 4 unspecified atom stereocenters. The van der Waals surface area contributed by atoms with Crippen LogP contribution in [0.4, 0.5) is 0 Å². The smallest absolute Gasteiger partial charge is 0.326 e. The van der Waals surface area contributed by atoms with Gasteiger partial charge >= 0.3 is 23.9 Å². The topological polar surface area (TPSA) is 302 Å². The summed E-state index contributed by atoms with van der Waals surface area (Å²) in [5.41, 5.74) is 12.1. The zero-order chi connectivity index (χ0) is 51.6. The van der Waals surface area contributed by atoms with Crippen LogP contribution < -0.4 is 10.6 Å². The van der Waals surface area contributed by atoms with E-state index in [-0.39, 0.29) is 37.9 Å². The fourth-order valence-corrected chi connectivity index (χ4v) is 9.58. The van der Waals surface area contributed by atoms with Crippen LogP contribution in [0.5, 0.6) is 0 Å². The van der Waals surface area contributed by atoms with Crippen molar-refractivity contribution in [2.45, 2.75) is 129 Å². The molecule has 0 aliphatic carbocycles. The van der Waals surface area contributed by atoms with Crippen molar-refractivity contribution in [3.05, 3.63) is 69.3 Å². The average molecular weight is 997 g/mol. The van der Waals surface area contributed by atoms with E-state index in [1.165, 1.54) is 0 Å². The van der Waals surface area contributed by atoms with Crippen LogP contribution in [-0.2, 0) is 60.6 Å². The van der Waals surface area contributed by atoms with Crippen LogP contribution in [0.1, 0.15) is 123 Å². The Balaban J connectivity index is 1.36. The normalized spacial score (nSPS) is 17.6. The van der Waals surface area contributed by atoms with Gasteiger partial charge in [0.05, 0.1) is 74.3 Å². The van der Waals surface area contributed by atoms with Crippen LogP contribution in [0.25, 0.3) is 44.4 Å². The van der Waals surface area contributed by atoms with Crippen molar-refractivity contribution in [1.29, 1.82) is 0 Å². The van der Waals surface area contributed by atoms with Crippen molar-refractivity contribution in [1.82, 2.24) is 30.6 Å². The molecule has 72 heavy (non-hydrogen) atoms. The summed E-state index contributed by atoms with van der Waals surface area (Å²) in [6, 6.07) is 4.48. The number of amides is 2. The molecule has 4 aliphatic rings. The molecule has 7 heterocycles. The number of aryl methyl sites for hydroxylation is 4. The zero-order valence-corrected chi connectivity index (χ0v) is 41.1. The number of ether oxygens (including phenoxy) is 4. The highest BCUT2D eigenvalue weighted by Gasteiger charge is 2.27. The lowest BCUT2D eigenvalue weighted by atomic mass is 10.0. The van der Waals surface area contributed by atoms with E-state index in [0.717, 1.165) is 83.7 Å². The van der Waals surface area contributed by atoms with E-state index >= 15 is 0 Å². The number of carboxylic acids is 4. The zero-order valence-electron chi connectivity index (χ0n) is 41.1. The Morgan fingerprint density at radius 2 is 1.01 bits per heavy atom. The van der Waals surface area contributed by atoms with E-state index in [9.17, 15) is 49.2 Å². The van der Waals surface area contributed by atoms with E-state index in [4.69, 9.17) is 28.9 Å². The minimum atomic E-state index is -1.63. The van der Waals surface area contributed by atoms with Crippen molar-refractivity contribution >= 4 is 80.1 Å². The number of allylic oxidation sites excluding steroid dienone is 2. The maximum Gasteiger partial charge on any atom is 0.326 e. The first-order valence-corrected chi connectivity index (χ1v) is 24.5. The van der Waals surface area contributed by atoms with Gasteiger partial charge in [-0.3, -0.25) is 19.2 Å². The fraction of sp³-hybridized carbons (Fsp3) is 0.500. The van der Waals surface area contributed by atoms with E-state index in [1.54, 1.807) is 0 Å². The van der Waals surface area contributed by atoms with Gasteiger partial charge in [-0.1, -0.05) is 0 Å². The van der Waals surface area contributed by atoms with Gasteiger partial charge in [-0.15, -0.1) is 0 Å². The molecule has 386 valence electrons. The highest BCUT2D eigenvalue weighted by atomic mass is 16.5. The van der Waals surface area contributed by atoms with Crippen molar-refractivity contribution in [3.8, 4) is 0 Å². The monoisotopic (exact) mass is 996 g/mol. The number of carboxylic acid groups (broad SMARTS) is 4. The Morgan fingerprint density at radius 3 is 1.42 bits per heavy atom. The summed E-state index contributed by atoms with van der Waals surface area (Å²) in [5, 5.41) is 42.5. The first-order chi connectivity index (χ1) is 34.4. The Labute approximate surface area is 415 Å². The minimum absolute atomic E-state index is 0.0568. The third kappa shape index (κ3) is 13.4. The number of aromatic amines is 2. The molecule has 20 heteroatoms. The maximum atomic E-state index is 13.3. The van der Waals surface area contributed by atoms with Gasteiger partial charge in [0.2, 0.25) is 11.8 Å². The first kappa shape index (κ1) is 53.1. The second kappa shape index (κ2) is 24.1. The van der Waals surface area contributed by atoms with Crippen molar-refractivity contribution in [2.24, 2.45) is 0 Å². The number of carbonyl (C=O) groups is 6. The second-order valence-electron chi connectivity index (χ2n) is 18.7. The SMILES string of the molecule is CC1=C(CCOCC2CCCO2)c2cc3nc(cc4[nH]c(cc5[nH]c(cc1n2)c(C)c5CCC(=O)NC(CC(=O)O)C(=O)O)c(CCC(=O)NC(CC(=O)O)C(=O)O)c4C)C(CCOCC1CCCO1)=C3C. The molecule has 0 saturated carbocycles. The highest BCUT2D eigenvalue weighted by Crippen LogP contribution is 2.38. The van der Waals surface area contributed by atoms with Crippen LogP contribution in [0, 0.1) is 13.8 Å². The number of hydrogen-bond acceptors (Lipinski definition) is 12. The number of carbonyl (C=O) groups excluding carboxylic acids is 2. The molecule has 2 fully saturated rings. The number of nitrogens with one attached hydrogen (secondary N) is 4. The van der Waals surface area contributed by atoms with E-state index in [0.29, 0.717) is 83.9 Å². The summed E-state index contributed by atoms with van der Waals surface area (Å²) in [5.74, 6) is -7.03. The minimum Gasteiger partial charge on any atom is -0.481 e. The van der Waals surface area contributed by atoms with Gasteiger partial charge < -0.3 is 60.0 Å². The Morgan fingerprint density at radius 1 is 0.597 bits per heavy atom. The van der Waals surface area contributed by atoms with Crippen LogP contribution in [0.15, 0.2) is 24.3 Å². The molecule has 2 amide bonds. The fourth-order valence-electron chi connectivity index (χ4n) is 9.58. The molecular formula is C52H64N6O14. The molecule has 4 aliphatic heterocycles. The molecule has 20 nitrogen and oxygen atoms in total. The van der Waals surface area contributed by atoms with Gasteiger partial charge in [-0.2, -0.15) is 0 Å². The predicted octanol–water partition coefficient (Wildman–Crippen LogP) is 5.92. The lowest BCUT2D eigenvalue weighted by Gasteiger charge is -2.12. The number of hydrogen-bond donors (Lipinski definition) is 8. The van der Waals surface area contributed by atoms with E-state index in [2.05, 4.69) is 20.6 Å². The number of aromatic nitrogens is 4. The van der Waals surface area contributed by atoms with E-state index in [1.807, 2.05) is 52.0 Å². The molecular weight excluding hydrogens is 933 g/mol. The largest absolute Gasteiger partial charge is 0.481 e. The summed E-state index contributed by atoms with van der Waals surface area (Å²) in [6.07, 6.45) is 3.40. The number of H-pyrrole nitrogens is 2. The third-order valence-corrected chi connectivity index (χ3v) is 13.7. The summed E-state index contributed by atoms with van der Waals surface area (Å²) in [7, 11) is 0. The highest BCUT2D eigenvalue weighted by molar-refractivity contribution is 5.96. The van der Waals surface area contributed by atoms with Gasteiger partial charge in [-0.05, 0) is 148 Å². The molecule has 4 atom stereocenters. The van der Waals surface area contributed by atoms with Gasteiger partial charge in [0.1, 0.15) is 12.1 Å². The third-order valence-electron chi connectivity index (χ3n) is 13.7. The lowest BCUT2D eigenvalue weighted by molar-refractivity contribution is -0.147. The van der Waals surface area contributed by atoms with Crippen LogP contribution >= 0.6 is 0 Å². The Kier molecular flexibility index (Phi) is 17.8. The molecule has 3 aromatic rings. The first-order valence-electron chi connectivity index (χ1n) is 24.5. The molecule has 0 aromatic carbocycles. The summed E-state index contributed by atoms with van der Waals surface area (Å²) in [4.78, 5) is 90.5. The van der Waals surface area contributed by atoms with E-state index < -0.39 is 60.6 Å². The second-order valence-corrected chi connectivity index (χ2v) is 18.7. The predicted molar refractivity (Wildman–Crippen MR) is 265 cm³/mol. The summed E-state index contributed by atoms with van der Waals surface area (Å²) >= 11 is 0. The van der Waals surface area contributed by atoms with Gasteiger partial charge in [-0.25, -0.2) is 19.6 Å². The molecule has 8 bridgehead atoms. The maximum absolute atomic E-state index is 13.3. The molecule has 7 rings (SSSR count). The molecule has 0 radical (unpaired) electrons. The van der Waals surface area contributed by atoms with Crippen LogP contribution in [-0.4, -0.2) is 140 Å². The number of rotatable bonds is 24. The van der Waals surface area contributed by atoms with Crippen LogP contribution in [0.3, 0.4) is 0 Å². The molecule has 8 N–H and O–H groups in total. The summed E-state index contributed by atoms with van der Waals surface area (Å²) < 4.78 is 23.9. The van der Waals surface area contributed by atoms with Gasteiger partial charge in [0.15, 0.2) is 0 Å². The average Bonchev–Trinajstić information content (AvgIpc) is 4.20. The van der Waals surface area contributed by atoms with Crippen molar-refractivity contribution in [3.63, 3.8) is 0 Å². The molecule has 2 saturated heterocycles. The quantitative estimate of drug-likeness (QED) is 0.0483. The number of fused-ring (bicyclic) bond motifs is 8. The van der Waals surface area contributed by atoms with Crippen molar-refractivity contribution < 1.29 is 68.1 Å². The van der Waals surface area contributed by atoms with Gasteiger partial charge in [0, 0.05) is 48.1 Å². The Bertz CT molecular complexity index is 2810. The number of nitrogens with zero attached hydrogens (tertiary/aromatic N) is 2. The molecule has 3 aromatic heterocycles. The lowest BCUT2D eigenvalue weighted by Crippen LogP contribution is -2.42. The standard InChI is InChI=1S/C52H64N6O14/c1-27-33(9-11-47(59)57-45(51(65)66)23-49(61)62)43-22-44-34(10-12-48(60)58-46(52(67)68)24-50(63)64)28(2)39(56-44)20-42-36(14-18-70-26-32-8-6-16-72-32)30(4)40(55-42)21-41-35(13-17-69-25-31-7-5-15-71-31)29(3)38(53-41)19-37(27)54-43/h19-22,31-32,45-46,54,56H,5-18,23-26H2,1-4H3,(H,57,59)(H,58,60)(H,61,62)(H,63,64)(H,65,66)(H,67,68). The number of aliphatic carboxylic acids is 4. The summed E-state index contributed by atoms with van der Waals surface area (Å²) in [6.45, 7) is 11.1. The Hall–Kier alpha value is -6.74. The van der Waals surface area contributed by atoms with Crippen molar-refractivity contribution in [2.75, 3.05) is 39.6 Å².